The molecule has 34 heavy (non-hydrogen) atoms. The summed E-state index contributed by atoms with van der Waals surface area (Å²) in [5.74, 6) is -0.171. The molecule has 1 aromatic heterocycles. The predicted octanol–water partition coefficient (Wildman–Crippen LogP) is 4.14. The molecule has 1 aliphatic heterocycles. The highest BCUT2D eigenvalue weighted by molar-refractivity contribution is 7.89. The zero-order valence-electron chi connectivity index (χ0n) is 20.4. The van der Waals surface area contributed by atoms with Crippen LogP contribution in [0.2, 0.25) is 0 Å². The van der Waals surface area contributed by atoms with E-state index in [9.17, 15) is 13.2 Å². The Morgan fingerprint density at radius 3 is 2.18 bits per heavy atom. The smallest absolute Gasteiger partial charge is 0.271 e. The molecule has 1 N–H and O–H groups in total. The molecule has 180 valence electrons. The average molecular weight is 481 g/mol. The van der Waals surface area contributed by atoms with Crippen LogP contribution in [0.15, 0.2) is 53.4 Å². The number of aromatic nitrogens is 2. The van der Waals surface area contributed by atoms with Crippen LogP contribution < -0.4 is 0 Å². The summed E-state index contributed by atoms with van der Waals surface area (Å²) in [6, 6.07) is 15.0. The summed E-state index contributed by atoms with van der Waals surface area (Å²) >= 11 is 0. The fourth-order valence-electron chi connectivity index (χ4n) is 4.25. The van der Waals surface area contributed by atoms with Crippen molar-refractivity contribution in [2.45, 2.75) is 44.9 Å². The molecule has 0 unspecified atom stereocenters. The van der Waals surface area contributed by atoms with E-state index in [1.54, 1.807) is 23.1 Å². The third kappa shape index (κ3) is 4.79. The van der Waals surface area contributed by atoms with Crippen LogP contribution in [0.3, 0.4) is 0 Å². The molecule has 3 aromatic rings. The lowest BCUT2D eigenvalue weighted by atomic mass is 9.87. The molecule has 7 nitrogen and oxygen atoms in total. The molecule has 0 atom stereocenters. The van der Waals surface area contributed by atoms with Crippen molar-refractivity contribution in [3.63, 3.8) is 0 Å². The number of amides is 1. The molecular formula is C26H32N4O3S. The Labute approximate surface area is 201 Å². The van der Waals surface area contributed by atoms with E-state index in [1.165, 1.54) is 9.87 Å². The van der Waals surface area contributed by atoms with Crippen molar-refractivity contribution < 1.29 is 13.2 Å². The van der Waals surface area contributed by atoms with Gasteiger partial charge in [0, 0.05) is 31.7 Å². The maximum atomic E-state index is 13.1. The van der Waals surface area contributed by atoms with Crippen molar-refractivity contribution in [2.75, 3.05) is 26.2 Å². The maximum absolute atomic E-state index is 13.1. The van der Waals surface area contributed by atoms with E-state index < -0.39 is 10.0 Å². The van der Waals surface area contributed by atoms with Crippen molar-refractivity contribution in [1.82, 2.24) is 19.4 Å². The number of benzene rings is 2. The van der Waals surface area contributed by atoms with Gasteiger partial charge in [-0.15, -0.1) is 0 Å². The number of rotatable bonds is 4. The Balaban J connectivity index is 1.42. The van der Waals surface area contributed by atoms with Gasteiger partial charge in [-0.25, -0.2) is 8.42 Å². The lowest BCUT2D eigenvalue weighted by Gasteiger charge is -2.33. The van der Waals surface area contributed by atoms with Gasteiger partial charge in [-0.2, -0.15) is 9.40 Å². The van der Waals surface area contributed by atoms with Crippen molar-refractivity contribution in [3.8, 4) is 11.3 Å². The molecule has 2 heterocycles. The third-order valence-corrected chi connectivity index (χ3v) is 8.26. The molecule has 1 fully saturated rings. The van der Waals surface area contributed by atoms with Gasteiger partial charge in [-0.1, -0.05) is 56.7 Å². The van der Waals surface area contributed by atoms with Gasteiger partial charge in [0.25, 0.3) is 5.91 Å². The van der Waals surface area contributed by atoms with Crippen molar-refractivity contribution in [1.29, 1.82) is 0 Å². The zero-order chi connectivity index (χ0) is 24.7. The van der Waals surface area contributed by atoms with Crippen LogP contribution in [0.5, 0.6) is 0 Å². The standard InChI is InChI=1S/C26H32N4O3S/c1-18-6-11-22(19(2)16-18)23-17-24(28-27-23)25(31)29-12-14-30(15-13-29)34(32,33)21-9-7-20(8-10-21)26(3,4)5/h6-11,16-17H,12-15H2,1-5H3,(H,27,28). The highest BCUT2D eigenvalue weighted by Gasteiger charge is 2.31. The van der Waals surface area contributed by atoms with E-state index in [1.807, 2.05) is 38.1 Å². The first-order valence-corrected chi connectivity index (χ1v) is 12.9. The fourth-order valence-corrected chi connectivity index (χ4v) is 5.67. The summed E-state index contributed by atoms with van der Waals surface area (Å²) in [4.78, 5) is 15.0. The topological polar surface area (TPSA) is 86.4 Å². The summed E-state index contributed by atoms with van der Waals surface area (Å²) in [6.07, 6.45) is 0. The third-order valence-electron chi connectivity index (χ3n) is 6.35. The number of nitrogens with one attached hydrogen (secondary N) is 1. The van der Waals surface area contributed by atoms with Gasteiger partial charge in [0.2, 0.25) is 10.0 Å². The number of H-pyrrole nitrogens is 1. The number of hydrogen-bond donors (Lipinski definition) is 1. The van der Waals surface area contributed by atoms with Gasteiger partial charge in [0.1, 0.15) is 5.69 Å². The van der Waals surface area contributed by atoms with Crippen molar-refractivity contribution in [2.24, 2.45) is 0 Å². The molecule has 4 rings (SSSR count). The van der Waals surface area contributed by atoms with Crippen molar-refractivity contribution >= 4 is 15.9 Å². The highest BCUT2D eigenvalue weighted by Crippen LogP contribution is 2.26. The largest absolute Gasteiger partial charge is 0.335 e. The van der Waals surface area contributed by atoms with Gasteiger partial charge in [-0.05, 0) is 48.6 Å². The molecule has 1 amide bonds. The van der Waals surface area contributed by atoms with E-state index in [0.29, 0.717) is 18.8 Å². The van der Waals surface area contributed by atoms with Crippen LogP contribution in [-0.4, -0.2) is 59.9 Å². The summed E-state index contributed by atoms with van der Waals surface area (Å²) in [7, 11) is -3.60. The SMILES string of the molecule is Cc1ccc(-c2cc(C(=O)N3CCN(S(=O)(=O)c4ccc(C(C)(C)C)cc4)CC3)[nH]n2)c(C)c1. The normalized spacial score (nSPS) is 15.5. The van der Waals surface area contributed by atoms with Crippen LogP contribution in [0.1, 0.15) is 48.0 Å². The van der Waals surface area contributed by atoms with Crippen LogP contribution in [-0.2, 0) is 15.4 Å². The van der Waals surface area contributed by atoms with Crippen LogP contribution in [0, 0.1) is 13.8 Å². The second kappa shape index (κ2) is 9.00. The van der Waals surface area contributed by atoms with E-state index in [-0.39, 0.29) is 29.3 Å². The van der Waals surface area contributed by atoms with E-state index >= 15 is 0 Å². The summed E-state index contributed by atoms with van der Waals surface area (Å²) in [6.45, 7) is 11.5. The van der Waals surface area contributed by atoms with E-state index in [2.05, 4.69) is 37.0 Å². The molecule has 0 radical (unpaired) electrons. The molecule has 0 bridgehead atoms. The molecule has 0 spiro atoms. The molecule has 0 aliphatic carbocycles. The van der Waals surface area contributed by atoms with Crippen LogP contribution in [0.4, 0.5) is 0 Å². The van der Waals surface area contributed by atoms with E-state index in [4.69, 9.17) is 0 Å². The first kappa shape index (κ1) is 24.2. The number of nitrogens with zero attached hydrogens (tertiary/aromatic N) is 3. The first-order valence-electron chi connectivity index (χ1n) is 11.5. The minimum atomic E-state index is -3.60. The number of hydrogen-bond acceptors (Lipinski definition) is 4. The molecule has 1 aliphatic rings. The Morgan fingerprint density at radius 2 is 1.59 bits per heavy atom. The Kier molecular flexibility index (Phi) is 6.40. The maximum Gasteiger partial charge on any atom is 0.271 e. The lowest BCUT2D eigenvalue weighted by molar-refractivity contribution is 0.0692. The second-order valence-corrected chi connectivity index (χ2v) is 11.9. The molecule has 0 saturated carbocycles. The summed E-state index contributed by atoms with van der Waals surface area (Å²) in [5.41, 5.74) is 5.42. The summed E-state index contributed by atoms with van der Waals surface area (Å²) in [5, 5.41) is 7.19. The number of carbonyl (C=O) groups is 1. The Morgan fingerprint density at radius 1 is 0.941 bits per heavy atom. The molecule has 8 heteroatoms. The summed E-state index contributed by atoms with van der Waals surface area (Å²) < 4.78 is 27.7. The number of carbonyl (C=O) groups excluding carboxylic acids is 1. The lowest BCUT2D eigenvalue weighted by Crippen LogP contribution is -2.50. The van der Waals surface area contributed by atoms with Gasteiger partial charge in [0.15, 0.2) is 0 Å². The van der Waals surface area contributed by atoms with Crippen molar-refractivity contribution in [3.05, 3.63) is 70.9 Å². The van der Waals surface area contributed by atoms with Crippen LogP contribution >= 0.6 is 0 Å². The number of aryl methyl sites for hydroxylation is 2. The quantitative estimate of drug-likeness (QED) is 0.608. The van der Waals surface area contributed by atoms with Gasteiger partial charge in [-0.3, -0.25) is 9.89 Å². The number of sulfonamides is 1. The Bertz CT molecular complexity index is 1300. The van der Waals surface area contributed by atoms with Gasteiger partial charge in [0.05, 0.1) is 10.6 Å². The Hall–Kier alpha value is -2.97. The second-order valence-electron chi connectivity index (χ2n) is 9.96. The fraction of sp³-hybridized carbons (Fsp3) is 0.385. The molecule has 2 aromatic carbocycles. The van der Waals surface area contributed by atoms with Crippen LogP contribution in [0.25, 0.3) is 11.3 Å². The first-order chi connectivity index (χ1) is 16.0. The zero-order valence-corrected chi connectivity index (χ0v) is 21.2. The van der Waals surface area contributed by atoms with Gasteiger partial charge < -0.3 is 4.90 Å². The monoisotopic (exact) mass is 480 g/mol. The minimum Gasteiger partial charge on any atom is -0.335 e. The predicted molar refractivity (Wildman–Crippen MR) is 133 cm³/mol. The van der Waals surface area contributed by atoms with E-state index in [0.717, 1.165) is 22.4 Å². The van der Waals surface area contributed by atoms with Gasteiger partial charge >= 0.3 is 0 Å². The molecule has 1 saturated heterocycles. The molecular weight excluding hydrogens is 448 g/mol. The highest BCUT2D eigenvalue weighted by atomic mass is 32.2. The number of piperazine rings is 1. The minimum absolute atomic E-state index is 0.0427. The number of aromatic amines is 1. The average Bonchev–Trinajstić information content (AvgIpc) is 3.28.